The minimum absolute atomic E-state index is 0.0173. The van der Waals surface area contributed by atoms with E-state index in [1.54, 1.807) is 30.3 Å². The average Bonchev–Trinajstić information content (AvgIpc) is 2.86. The van der Waals surface area contributed by atoms with E-state index in [4.69, 9.17) is 16.9 Å². The van der Waals surface area contributed by atoms with Gasteiger partial charge in [0.2, 0.25) is 0 Å². The molecule has 1 aliphatic rings. The molecule has 1 saturated heterocycles. The van der Waals surface area contributed by atoms with Gasteiger partial charge in [0.25, 0.3) is 5.91 Å². The van der Waals surface area contributed by atoms with Gasteiger partial charge in [-0.15, -0.1) is 0 Å². The third kappa shape index (κ3) is 4.98. The number of carbonyl (C=O) groups is 1. The first kappa shape index (κ1) is 17.3. The van der Waals surface area contributed by atoms with Crippen LogP contribution in [0.1, 0.15) is 12.0 Å². The van der Waals surface area contributed by atoms with E-state index in [1.807, 2.05) is 0 Å². The predicted octanol–water partition coefficient (Wildman–Crippen LogP) is 1.14. The normalized spacial score (nSPS) is 19.8. The molecule has 0 saturated carbocycles. The number of benzene rings is 1. The van der Waals surface area contributed by atoms with Crippen molar-refractivity contribution >= 4 is 27.3 Å². The third-order valence-electron chi connectivity index (χ3n) is 3.46. The highest BCUT2D eigenvalue weighted by Gasteiger charge is 2.27. The summed E-state index contributed by atoms with van der Waals surface area (Å²) in [5, 5.41) is 15.0. The maximum Gasteiger partial charge on any atom is 0.263 e. The lowest BCUT2D eigenvalue weighted by Gasteiger charge is -2.09. The van der Waals surface area contributed by atoms with Crippen molar-refractivity contribution in [3.63, 3.8) is 0 Å². The molecule has 0 spiro atoms. The number of rotatable bonds is 5. The van der Waals surface area contributed by atoms with Crippen molar-refractivity contribution in [2.75, 3.05) is 11.5 Å². The first-order valence-corrected chi connectivity index (χ1v) is 9.19. The molecular formula is C15H16ClN3O3S. The van der Waals surface area contributed by atoms with E-state index in [0.717, 1.165) is 5.56 Å². The molecule has 23 heavy (non-hydrogen) atoms. The quantitative estimate of drug-likeness (QED) is 0.611. The van der Waals surface area contributed by atoms with Gasteiger partial charge in [-0.3, -0.25) is 4.79 Å². The summed E-state index contributed by atoms with van der Waals surface area (Å²) in [4.78, 5) is 12.0. The molecule has 8 heteroatoms. The van der Waals surface area contributed by atoms with Crippen LogP contribution >= 0.6 is 11.6 Å². The second kappa shape index (κ2) is 7.49. The average molecular weight is 354 g/mol. The third-order valence-corrected chi connectivity index (χ3v) is 5.59. The van der Waals surface area contributed by atoms with Crippen molar-refractivity contribution in [3.8, 4) is 6.07 Å². The molecule has 2 rings (SSSR count). The van der Waals surface area contributed by atoms with E-state index >= 15 is 0 Å². The van der Waals surface area contributed by atoms with E-state index in [2.05, 4.69) is 10.6 Å². The van der Waals surface area contributed by atoms with Crippen LogP contribution in [0.15, 0.2) is 36.0 Å². The van der Waals surface area contributed by atoms with Gasteiger partial charge in [-0.2, -0.15) is 5.26 Å². The van der Waals surface area contributed by atoms with Crippen LogP contribution in [-0.2, 0) is 21.2 Å². The van der Waals surface area contributed by atoms with E-state index < -0.39 is 15.7 Å². The minimum Gasteiger partial charge on any atom is -0.386 e. The smallest absolute Gasteiger partial charge is 0.263 e. The van der Waals surface area contributed by atoms with Crippen molar-refractivity contribution < 1.29 is 13.2 Å². The molecule has 1 fully saturated rings. The Morgan fingerprint density at radius 1 is 1.43 bits per heavy atom. The summed E-state index contributed by atoms with van der Waals surface area (Å²) < 4.78 is 22.7. The summed E-state index contributed by atoms with van der Waals surface area (Å²) >= 11 is 5.99. The van der Waals surface area contributed by atoms with Gasteiger partial charge in [0.15, 0.2) is 9.84 Å². The monoisotopic (exact) mass is 353 g/mol. The summed E-state index contributed by atoms with van der Waals surface area (Å²) in [5.41, 5.74) is 0.635. The number of amides is 1. The van der Waals surface area contributed by atoms with Crippen LogP contribution in [0.2, 0.25) is 5.02 Å². The fraction of sp³-hybridized carbons (Fsp3) is 0.333. The number of carbonyl (C=O) groups excluding carboxylic acids is 1. The van der Waals surface area contributed by atoms with E-state index in [9.17, 15) is 13.2 Å². The summed E-state index contributed by atoms with van der Waals surface area (Å²) in [6.07, 6.45) is 1.74. The Morgan fingerprint density at radius 3 is 2.78 bits per heavy atom. The molecule has 1 atom stereocenters. The summed E-state index contributed by atoms with van der Waals surface area (Å²) in [7, 11) is -3.01. The fourth-order valence-corrected chi connectivity index (χ4v) is 4.08. The lowest BCUT2D eigenvalue weighted by atomic mass is 10.2. The fourth-order valence-electron chi connectivity index (χ4n) is 2.19. The highest BCUT2D eigenvalue weighted by molar-refractivity contribution is 7.91. The molecule has 6 nitrogen and oxygen atoms in total. The topological polar surface area (TPSA) is 99.1 Å². The van der Waals surface area contributed by atoms with Crippen molar-refractivity contribution in [1.29, 1.82) is 5.26 Å². The summed E-state index contributed by atoms with van der Waals surface area (Å²) in [5.74, 6) is -0.400. The van der Waals surface area contributed by atoms with Gasteiger partial charge in [0, 0.05) is 23.8 Å². The zero-order valence-electron chi connectivity index (χ0n) is 12.3. The highest BCUT2D eigenvalue weighted by atomic mass is 35.5. The molecule has 0 bridgehead atoms. The summed E-state index contributed by atoms with van der Waals surface area (Å²) in [6.45, 7) is 0.204. The Kier molecular flexibility index (Phi) is 5.64. The van der Waals surface area contributed by atoms with Crippen LogP contribution in [0.4, 0.5) is 0 Å². The molecule has 1 aromatic rings. The molecular weight excluding hydrogens is 338 g/mol. The van der Waals surface area contributed by atoms with Crippen molar-refractivity contribution in [3.05, 3.63) is 46.6 Å². The Labute approximate surface area is 140 Å². The van der Waals surface area contributed by atoms with Gasteiger partial charge in [-0.25, -0.2) is 8.42 Å². The Bertz CT molecular complexity index is 768. The molecule has 0 aliphatic carbocycles. The molecule has 0 aromatic heterocycles. The number of sulfone groups is 1. The van der Waals surface area contributed by atoms with Crippen LogP contribution in [0.5, 0.6) is 0 Å². The number of nitrogens with one attached hydrogen (secondary N) is 2. The van der Waals surface area contributed by atoms with Crippen LogP contribution in [0.25, 0.3) is 0 Å². The Hall–Kier alpha value is -2.04. The first-order valence-electron chi connectivity index (χ1n) is 6.99. The molecule has 1 aliphatic heterocycles. The lowest BCUT2D eigenvalue weighted by molar-refractivity contribution is -0.117. The van der Waals surface area contributed by atoms with E-state index in [-0.39, 0.29) is 29.7 Å². The van der Waals surface area contributed by atoms with Gasteiger partial charge < -0.3 is 10.6 Å². The van der Waals surface area contributed by atoms with E-state index in [1.165, 1.54) is 6.20 Å². The molecule has 1 amide bonds. The van der Waals surface area contributed by atoms with E-state index in [0.29, 0.717) is 11.4 Å². The molecule has 1 heterocycles. The van der Waals surface area contributed by atoms with Crippen LogP contribution in [0, 0.1) is 11.3 Å². The molecule has 1 aromatic carbocycles. The van der Waals surface area contributed by atoms with Gasteiger partial charge >= 0.3 is 0 Å². The zero-order chi connectivity index (χ0) is 16.9. The maximum atomic E-state index is 12.0. The summed E-state index contributed by atoms with van der Waals surface area (Å²) in [6, 6.07) is 8.62. The van der Waals surface area contributed by atoms with Crippen molar-refractivity contribution in [2.24, 2.45) is 0 Å². The largest absolute Gasteiger partial charge is 0.386 e. The van der Waals surface area contributed by atoms with Gasteiger partial charge in [0.05, 0.1) is 11.5 Å². The molecule has 1 unspecified atom stereocenters. The Morgan fingerprint density at radius 2 is 2.17 bits per heavy atom. The maximum absolute atomic E-state index is 12.0. The molecule has 2 N–H and O–H groups in total. The van der Waals surface area contributed by atoms with Crippen molar-refractivity contribution in [2.45, 2.75) is 19.0 Å². The van der Waals surface area contributed by atoms with Gasteiger partial charge in [-0.1, -0.05) is 29.8 Å². The zero-order valence-corrected chi connectivity index (χ0v) is 13.8. The molecule has 122 valence electrons. The van der Waals surface area contributed by atoms with Crippen molar-refractivity contribution in [1.82, 2.24) is 10.6 Å². The number of nitriles is 1. The highest BCUT2D eigenvalue weighted by Crippen LogP contribution is 2.14. The second-order valence-electron chi connectivity index (χ2n) is 5.21. The standard InChI is InChI=1S/C15H16ClN3O3S/c16-14-4-2-1-3-11(14)8-19-15(20)12(7-17)9-18-13-5-6-23(21,22)10-13/h1-4,9,13,18H,5-6,8,10H2,(H,19,20)/b12-9-. The molecule has 0 radical (unpaired) electrons. The lowest BCUT2D eigenvalue weighted by Crippen LogP contribution is -2.29. The first-order chi connectivity index (χ1) is 10.9. The van der Waals surface area contributed by atoms with Crippen LogP contribution in [0.3, 0.4) is 0 Å². The number of hydrogen-bond acceptors (Lipinski definition) is 5. The van der Waals surface area contributed by atoms with Gasteiger partial charge in [-0.05, 0) is 18.1 Å². The number of hydrogen-bond donors (Lipinski definition) is 2. The second-order valence-corrected chi connectivity index (χ2v) is 7.85. The Balaban J connectivity index is 1.92. The minimum atomic E-state index is -3.01. The predicted molar refractivity (Wildman–Crippen MR) is 87.2 cm³/mol. The number of nitrogens with zero attached hydrogens (tertiary/aromatic N) is 1. The van der Waals surface area contributed by atoms with Gasteiger partial charge in [0.1, 0.15) is 11.6 Å². The van der Waals surface area contributed by atoms with Crippen LogP contribution in [-0.4, -0.2) is 31.9 Å². The number of halogens is 1. The SMILES string of the molecule is N#C/C(=C/NC1CCS(=O)(=O)C1)C(=O)NCc1ccccc1Cl. The van der Waals surface area contributed by atoms with Crippen LogP contribution < -0.4 is 10.6 Å².